The van der Waals surface area contributed by atoms with Crippen molar-refractivity contribution in [2.75, 3.05) is 12.3 Å². The van der Waals surface area contributed by atoms with Gasteiger partial charge in [0, 0.05) is 29.3 Å². The predicted octanol–water partition coefficient (Wildman–Crippen LogP) is 2.61. The van der Waals surface area contributed by atoms with Crippen LogP contribution in [0.2, 0.25) is 0 Å². The number of benzene rings is 1. The second-order valence-corrected chi connectivity index (χ2v) is 7.53. The van der Waals surface area contributed by atoms with Crippen LogP contribution in [0.3, 0.4) is 0 Å². The number of rotatable bonds is 5. The second kappa shape index (κ2) is 5.69. The summed E-state index contributed by atoms with van der Waals surface area (Å²) in [5, 5.41) is 0.678. The highest BCUT2D eigenvalue weighted by atomic mass is 32.2. The first kappa shape index (κ1) is 14.4. The lowest BCUT2D eigenvalue weighted by atomic mass is 10.1. The molecule has 1 fully saturated rings. The molecular weight excluding hydrogens is 286 g/mol. The van der Waals surface area contributed by atoms with Crippen molar-refractivity contribution in [3.63, 3.8) is 0 Å². The molecule has 1 aromatic heterocycles. The molecule has 0 unspecified atom stereocenters. The van der Waals surface area contributed by atoms with Gasteiger partial charge in [0.25, 0.3) is 0 Å². The number of H-pyrrole nitrogens is 1. The van der Waals surface area contributed by atoms with Gasteiger partial charge in [0.2, 0.25) is 10.0 Å². The lowest BCUT2D eigenvalue weighted by Crippen LogP contribution is -2.25. The van der Waals surface area contributed by atoms with E-state index in [4.69, 9.17) is 5.73 Å². The van der Waals surface area contributed by atoms with Crippen molar-refractivity contribution >= 4 is 26.6 Å². The van der Waals surface area contributed by atoms with Crippen molar-refractivity contribution < 1.29 is 8.42 Å². The Balaban J connectivity index is 1.73. The van der Waals surface area contributed by atoms with E-state index in [2.05, 4.69) is 9.71 Å². The Bertz CT molecular complexity index is 730. The zero-order valence-electron chi connectivity index (χ0n) is 11.9. The number of aromatic nitrogens is 1. The summed E-state index contributed by atoms with van der Waals surface area (Å²) in [7, 11) is -3.47. The molecule has 1 aliphatic carbocycles. The minimum Gasteiger partial charge on any atom is -0.399 e. The van der Waals surface area contributed by atoms with Crippen molar-refractivity contribution in [1.29, 1.82) is 0 Å². The SMILES string of the molecule is Nc1ccc2c(S(=O)(=O)NCCC3CCCC3)c[nH]c2c1. The molecule has 1 saturated carbocycles. The summed E-state index contributed by atoms with van der Waals surface area (Å²) in [6.45, 7) is 0.509. The molecule has 1 heterocycles. The first-order chi connectivity index (χ1) is 10.1. The van der Waals surface area contributed by atoms with E-state index in [-0.39, 0.29) is 0 Å². The monoisotopic (exact) mass is 307 g/mol. The first-order valence-electron chi connectivity index (χ1n) is 7.42. The Morgan fingerprint density at radius 1 is 1.29 bits per heavy atom. The standard InChI is InChI=1S/C15H21N3O2S/c16-12-5-6-13-14(9-12)17-10-15(13)21(19,20)18-8-7-11-3-1-2-4-11/h5-6,9-11,17-18H,1-4,7-8,16H2. The molecule has 2 aromatic rings. The number of fused-ring (bicyclic) bond motifs is 1. The maximum Gasteiger partial charge on any atom is 0.242 e. The highest BCUT2D eigenvalue weighted by molar-refractivity contribution is 7.89. The molecule has 5 nitrogen and oxygen atoms in total. The third-order valence-electron chi connectivity index (χ3n) is 4.28. The quantitative estimate of drug-likeness (QED) is 0.742. The van der Waals surface area contributed by atoms with E-state index in [1.807, 2.05) is 0 Å². The molecule has 0 saturated heterocycles. The van der Waals surface area contributed by atoms with Gasteiger partial charge in [-0.05, 0) is 30.5 Å². The maximum absolute atomic E-state index is 12.4. The average Bonchev–Trinajstić information content (AvgIpc) is 3.06. The Hall–Kier alpha value is -1.53. The van der Waals surface area contributed by atoms with Crippen molar-refractivity contribution in [3.05, 3.63) is 24.4 Å². The Kier molecular flexibility index (Phi) is 3.91. The lowest BCUT2D eigenvalue weighted by molar-refractivity contribution is 0.496. The number of nitrogen functional groups attached to an aromatic ring is 1. The molecule has 0 amide bonds. The zero-order valence-corrected chi connectivity index (χ0v) is 12.7. The summed E-state index contributed by atoms with van der Waals surface area (Å²) in [6, 6.07) is 5.20. The highest BCUT2D eigenvalue weighted by Gasteiger charge is 2.20. The normalized spacial score (nSPS) is 16.8. The lowest BCUT2D eigenvalue weighted by Gasteiger charge is -2.10. The van der Waals surface area contributed by atoms with E-state index < -0.39 is 10.0 Å². The van der Waals surface area contributed by atoms with Gasteiger partial charge >= 0.3 is 0 Å². The van der Waals surface area contributed by atoms with Gasteiger partial charge in [-0.2, -0.15) is 0 Å². The van der Waals surface area contributed by atoms with E-state index in [1.54, 1.807) is 18.2 Å². The van der Waals surface area contributed by atoms with Crippen LogP contribution in [-0.2, 0) is 10.0 Å². The Morgan fingerprint density at radius 2 is 2.05 bits per heavy atom. The maximum atomic E-state index is 12.4. The summed E-state index contributed by atoms with van der Waals surface area (Å²) in [5.74, 6) is 0.676. The van der Waals surface area contributed by atoms with Crippen LogP contribution in [-0.4, -0.2) is 19.9 Å². The highest BCUT2D eigenvalue weighted by Crippen LogP contribution is 2.28. The molecule has 114 valence electrons. The largest absolute Gasteiger partial charge is 0.399 e. The van der Waals surface area contributed by atoms with Gasteiger partial charge in [0.1, 0.15) is 4.90 Å². The van der Waals surface area contributed by atoms with Crippen LogP contribution in [0.15, 0.2) is 29.3 Å². The molecule has 1 aromatic carbocycles. The number of hydrogen-bond acceptors (Lipinski definition) is 3. The number of nitrogens with one attached hydrogen (secondary N) is 2. The predicted molar refractivity (Wildman–Crippen MR) is 84.5 cm³/mol. The van der Waals surface area contributed by atoms with E-state index in [1.165, 1.54) is 31.9 Å². The number of hydrogen-bond donors (Lipinski definition) is 3. The molecule has 1 aliphatic rings. The fourth-order valence-corrected chi connectivity index (χ4v) is 4.34. The topological polar surface area (TPSA) is 88.0 Å². The number of anilines is 1. The van der Waals surface area contributed by atoms with E-state index in [0.29, 0.717) is 28.4 Å². The van der Waals surface area contributed by atoms with Crippen LogP contribution in [0.5, 0.6) is 0 Å². The average molecular weight is 307 g/mol. The summed E-state index contributed by atoms with van der Waals surface area (Å²) in [6.07, 6.45) is 7.47. The molecule has 0 radical (unpaired) electrons. The van der Waals surface area contributed by atoms with Crippen LogP contribution in [0, 0.1) is 5.92 Å². The van der Waals surface area contributed by atoms with Gasteiger partial charge < -0.3 is 10.7 Å². The molecule has 6 heteroatoms. The zero-order chi connectivity index (χ0) is 14.9. The third kappa shape index (κ3) is 3.06. The van der Waals surface area contributed by atoms with Crippen LogP contribution in [0.25, 0.3) is 10.9 Å². The van der Waals surface area contributed by atoms with E-state index in [0.717, 1.165) is 11.9 Å². The Morgan fingerprint density at radius 3 is 2.81 bits per heavy atom. The van der Waals surface area contributed by atoms with E-state index in [9.17, 15) is 8.42 Å². The number of nitrogens with two attached hydrogens (primary N) is 1. The van der Waals surface area contributed by atoms with E-state index >= 15 is 0 Å². The molecule has 21 heavy (non-hydrogen) atoms. The summed E-state index contributed by atoms with van der Waals surface area (Å²) < 4.78 is 27.5. The van der Waals surface area contributed by atoms with Crippen molar-refractivity contribution in [1.82, 2.24) is 9.71 Å². The van der Waals surface area contributed by atoms with Gasteiger partial charge in [-0.3, -0.25) is 0 Å². The molecule has 0 spiro atoms. The van der Waals surface area contributed by atoms with Gasteiger partial charge in [-0.25, -0.2) is 13.1 Å². The Labute approximate surface area is 125 Å². The van der Waals surface area contributed by atoms with Crippen LogP contribution >= 0.6 is 0 Å². The molecule has 4 N–H and O–H groups in total. The molecule has 0 bridgehead atoms. The van der Waals surface area contributed by atoms with Crippen molar-refractivity contribution in [2.45, 2.75) is 37.0 Å². The summed E-state index contributed by atoms with van der Waals surface area (Å²) >= 11 is 0. The van der Waals surface area contributed by atoms with Crippen molar-refractivity contribution in [2.24, 2.45) is 5.92 Å². The van der Waals surface area contributed by atoms with Crippen LogP contribution in [0.1, 0.15) is 32.1 Å². The molecule has 0 atom stereocenters. The molecule has 0 aliphatic heterocycles. The van der Waals surface area contributed by atoms with Gasteiger partial charge in [0.05, 0.1) is 0 Å². The number of sulfonamides is 1. The number of aromatic amines is 1. The minimum atomic E-state index is -3.47. The second-order valence-electron chi connectivity index (χ2n) is 5.79. The van der Waals surface area contributed by atoms with Gasteiger partial charge in [-0.15, -0.1) is 0 Å². The minimum absolute atomic E-state index is 0.295. The molecular formula is C15H21N3O2S. The van der Waals surface area contributed by atoms with Gasteiger partial charge in [0.15, 0.2) is 0 Å². The first-order valence-corrected chi connectivity index (χ1v) is 8.91. The van der Waals surface area contributed by atoms with Crippen LogP contribution < -0.4 is 10.5 Å². The van der Waals surface area contributed by atoms with Crippen LogP contribution in [0.4, 0.5) is 5.69 Å². The van der Waals surface area contributed by atoms with Gasteiger partial charge in [-0.1, -0.05) is 25.7 Å². The third-order valence-corrected chi connectivity index (χ3v) is 5.78. The van der Waals surface area contributed by atoms with Crippen molar-refractivity contribution in [3.8, 4) is 0 Å². The summed E-state index contributed by atoms with van der Waals surface area (Å²) in [4.78, 5) is 3.26. The fourth-order valence-electron chi connectivity index (χ4n) is 3.11. The fraction of sp³-hybridized carbons (Fsp3) is 0.467. The summed E-state index contributed by atoms with van der Waals surface area (Å²) in [5.41, 5.74) is 7.06. The molecule has 3 rings (SSSR count). The smallest absolute Gasteiger partial charge is 0.242 e.